The van der Waals surface area contributed by atoms with E-state index in [1.165, 1.54) is 11.8 Å². The van der Waals surface area contributed by atoms with E-state index >= 15 is 0 Å². The van der Waals surface area contributed by atoms with E-state index in [4.69, 9.17) is 0 Å². The van der Waals surface area contributed by atoms with Gasteiger partial charge in [-0.1, -0.05) is 66.4 Å². The van der Waals surface area contributed by atoms with E-state index in [0.717, 1.165) is 21.4 Å². The van der Waals surface area contributed by atoms with Crippen molar-refractivity contribution >= 4 is 28.5 Å². The minimum Gasteiger partial charge on any atom is -0.480 e. The summed E-state index contributed by atoms with van der Waals surface area (Å²) in [6.45, 7) is 0. The maximum absolute atomic E-state index is 11.6. The number of carboxylic acid groups (broad SMARTS) is 1. The van der Waals surface area contributed by atoms with E-state index in [-0.39, 0.29) is 0 Å². The minimum absolute atomic E-state index is 0.662. The second-order valence-electron chi connectivity index (χ2n) is 4.58. The number of aromatic nitrogens is 1. The van der Waals surface area contributed by atoms with E-state index < -0.39 is 11.2 Å². The van der Waals surface area contributed by atoms with Gasteiger partial charge in [0.2, 0.25) is 0 Å². The Bertz CT molecular complexity index is 769. The highest BCUT2D eigenvalue weighted by Crippen LogP contribution is 2.37. The first-order valence-corrected chi connectivity index (χ1v) is 7.42. The molecule has 0 unspecified atom stereocenters. The molecule has 1 aromatic heterocycles. The smallest absolute Gasteiger partial charge is 0.321 e. The molecule has 0 aliphatic heterocycles. The molecule has 0 bridgehead atoms. The number of fused-ring (bicyclic) bond motifs is 1. The molecule has 0 radical (unpaired) electrons. The van der Waals surface area contributed by atoms with Gasteiger partial charge in [-0.3, -0.25) is 4.79 Å². The van der Waals surface area contributed by atoms with Crippen molar-refractivity contribution in [1.82, 2.24) is 4.98 Å². The summed E-state index contributed by atoms with van der Waals surface area (Å²) >= 11 is 1.27. The first-order valence-electron chi connectivity index (χ1n) is 6.54. The topological polar surface area (TPSA) is 50.2 Å². The Morgan fingerprint density at radius 2 is 1.71 bits per heavy atom. The lowest BCUT2D eigenvalue weighted by Crippen LogP contribution is -2.08. The summed E-state index contributed by atoms with van der Waals surface area (Å²) in [6.07, 6.45) is 1.72. The number of pyridine rings is 1. The Hall–Kier alpha value is -2.33. The largest absolute Gasteiger partial charge is 0.480 e. The molecule has 4 heteroatoms. The molecule has 104 valence electrons. The number of carboxylic acids is 1. The summed E-state index contributed by atoms with van der Waals surface area (Å²) in [7, 11) is 0. The van der Waals surface area contributed by atoms with Crippen molar-refractivity contribution in [3.8, 4) is 0 Å². The molecule has 0 fully saturated rings. The standard InChI is InChI=1S/C17H13NO2S/c19-17(20)15(13-7-2-1-3-8-13)21-16-14-9-5-4-6-12(14)10-11-18-16/h1-11,15H,(H,19,20)/t15-/m0/s1. The molecule has 3 aromatic rings. The molecule has 0 aliphatic rings. The van der Waals surface area contributed by atoms with Crippen molar-refractivity contribution in [3.05, 3.63) is 72.4 Å². The van der Waals surface area contributed by atoms with Crippen molar-refractivity contribution in [3.63, 3.8) is 0 Å². The van der Waals surface area contributed by atoms with Gasteiger partial charge in [-0.25, -0.2) is 4.98 Å². The average Bonchev–Trinajstić information content (AvgIpc) is 2.53. The first kappa shape index (κ1) is 13.6. The molecule has 1 N–H and O–H groups in total. The van der Waals surface area contributed by atoms with E-state index in [1.54, 1.807) is 6.20 Å². The van der Waals surface area contributed by atoms with Crippen molar-refractivity contribution in [2.75, 3.05) is 0 Å². The van der Waals surface area contributed by atoms with Gasteiger partial charge < -0.3 is 5.11 Å². The van der Waals surface area contributed by atoms with Gasteiger partial charge >= 0.3 is 5.97 Å². The number of aliphatic carboxylic acids is 1. The predicted molar refractivity (Wildman–Crippen MR) is 84.4 cm³/mol. The van der Waals surface area contributed by atoms with E-state index in [1.807, 2.05) is 60.7 Å². The summed E-state index contributed by atoms with van der Waals surface area (Å²) in [5, 5.41) is 11.6. The highest BCUT2D eigenvalue weighted by Gasteiger charge is 2.22. The predicted octanol–water partition coefficient (Wildman–Crippen LogP) is 4.15. The van der Waals surface area contributed by atoms with Gasteiger partial charge in [0.25, 0.3) is 0 Å². The molecule has 3 nitrogen and oxygen atoms in total. The lowest BCUT2D eigenvalue weighted by Gasteiger charge is -2.13. The SMILES string of the molecule is O=C(O)[C@@H](Sc1nccc2ccccc12)c1ccccc1. The number of benzene rings is 2. The lowest BCUT2D eigenvalue weighted by atomic mass is 10.1. The van der Waals surface area contributed by atoms with Crippen molar-refractivity contribution < 1.29 is 9.90 Å². The zero-order valence-electron chi connectivity index (χ0n) is 11.1. The maximum atomic E-state index is 11.6. The minimum atomic E-state index is -0.860. The van der Waals surface area contributed by atoms with Crippen LogP contribution in [-0.4, -0.2) is 16.1 Å². The third-order valence-corrected chi connectivity index (χ3v) is 4.45. The third-order valence-electron chi connectivity index (χ3n) is 3.19. The molecular weight excluding hydrogens is 282 g/mol. The Balaban J connectivity index is 2.01. The van der Waals surface area contributed by atoms with Gasteiger partial charge in [-0.05, 0) is 17.0 Å². The molecule has 3 rings (SSSR count). The maximum Gasteiger partial charge on any atom is 0.321 e. The Morgan fingerprint density at radius 1 is 1.00 bits per heavy atom. The summed E-state index contributed by atoms with van der Waals surface area (Å²) in [6, 6.07) is 19.0. The molecule has 0 amide bonds. The van der Waals surface area contributed by atoms with Crippen LogP contribution in [0, 0.1) is 0 Å². The van der Waals surface area contributed by atoms with Crippen LogP contribution in [0.25, 0.3) is 10.8 Å². The molecule has 0 saturated heterocycles. The number of carbonyl (C=O) groups is 1. The number of nitrogens with zero attached hydrogens (tertiary/aromatic N) is 1. The van der Waals surface area contributed by atoms with Crippen LogP contribution in [0.15, 0.2) is 71.9 Å². The molecule has 0 aliphatic carbocycles. The number of rotatable bonds is 4. The van der Waals surface area contributed by atoms with Crippen LogP contribution < -0.4 is 0 Å². The van der Waals surface area contributed by atoms with Gasteiger partial charge in [0.15, 0.2) is 0 Å². The fourth-order valence-electron chi connectivity index (χ4n) is 2.19. The molecular formula is C17H13NO2S. The van der Waals surface area contributed by atoms with Crippen LogP contribution in [0.5, 0.6) is 0 Å². The Morgan fingerprint density at radius 3 is 2.48 bits per heavy atom. The second-order valence-corrected chi connectivity index (χ2v) is 5.68. The van der Waals surface area contributed by atoms with E-state index in [2.05, 4.69) is 4.98 Å². The Labute approximate surface area is 126 Å². The first-order chi connectivity index (χ1) is 10.3. The fourth-order valence-corrected chi connectivity index (χ4v) is 3.24. The van der Waals surface area contributed by atoms with Gasteiger partial charge in [0, 0.05) is 11.6 Å². The molecule has 1 heterocycles. The van der Waals surface area contributed by atoms with Gasteiger partial charge in [0.05, 0.1) is 0 Å². The van der Waals surface area contributed by atoms with Crippen LogP contribution in [0.4, 0.5) is 0 Å². The summed E-state index contributed by atoms with van der Waals surface area (Å²) < 4.78 is 0. The monoisotopic (exact) mass is 295 g/mol. The Kier molecular flexibility index (Phi) is 3.88. The molecule has 1 atom stereocenters. The number of hydrogen-bond donors (Lipinski definition) is 1. The normalized spacial score (nSPS) is 12.2. The zero-order chi connectivity index (χ0) is 14.7. The quantitative estimate of drug-likeness (QED) is 0.734. The van der Waals surface area contributed by atoms with Gasteiger partial charge in [0.1, 0.15) is 10.3 Å². The molecule has 0 saturated carbocycles. The van der Waals surface area contributed by atoms with Crippen LogP contribution in [0.1, 0.15) is 10.8 Å². The van der Waals surface area contributed by atoms with Gasteiger partial charge in [-0.2, -0.15) is 0 Å². The second kappa shape index (κ2) is 5.97. The fraction of sp³-hybridized carbons (Fsp3) is 0.0588. The number of thioether (sulfide) groups is 1. The molecule has 2 aromatic carbocycles. The highest BCUT2D eigenvalue weighted by atomic mass is 32.2. The van der Waals surface area contributed by atoms with Crippen LogP contribution in [0.3, 0.4) is 0 Å². The highest BCUT2D eigenvalue weighted by molar-refractivity contribution is 8.00. The van der Waals surface area contributed by atoms with Crippen LogP contribution >= 0.6 is 11.8 Å². The van der Waals surface area contributed by atoms with Crippen LogP contribution in [-0.2, 0) is 4.79 Å². The van der Waals surface area contributed by atoms with Crippen molar-refractivity contribution in [1.29, 1.82) is 0 Å². The van der Waals surface area contributed by atoms with Crippen LogP contribution in [0.2, 0.25) is 0 Å². The summed E-state index contributed by atoms with van der Waals surface area (Å²) in [4.78, 5) is 15.9. The van der Waals surface area contributed by atoms with Crippen molar-refractivity contribution in [2.45, 2.75) is 10.3 Å². The van der Waals surface area contributed by atoms with E-state index in [9.17, 15) is 9.90 Å². The zero-order valence-corrected chi connectivity index (χ0v) is 12.0. The lowest BCUT2D eigenvalue weighted by molar-refractivity contribution is -0.136. The average molecular weight is 295 g/mol. The summed E-state index contributed by atoms with van der Waals surface area (Å²) in [5.41, 5.74) is 0.768. The summed E-state index contributed by atoms with van der Waals surface area (Å²) in [5.74, 6) is -0.860. The third kappa shape index (κ3) is 2.90. The van der Waals surface area contributed by atoms with E-state index in [0.29, 0.717) is 0 Å². The molecule has 0 spiro atoms. The molecule has 21 heavy (non-hydrogen) atoms. The van der Waals surface area contributed by atoms with Crippen molar-refractivity contribution in [2.24, 2.45) is 0 Å². The van der Waals surface area contributed by atoms with Gasteiger partial charge in [-0.15, -0.1) is 0 Å². The number of hydrogen-bond acceptors (Lipinski definition) is 3.